The number of benzene rings is 1. The second-order valence-electron chi connectivity index (χ2n) is 4.85. The van der Waals surface area contributed by atoms with Gasteiger partial charge >= 0.3 is 0 Å². The van der Waals surface area contributed by atoms with Crippen LogP contribution in [0.4, 0.5) is 0 Å². The molecule has 0 unspecified atom stereocenters. The third-order valence-corrected chi connectivity index (χ3v) is 4.63. The van der Waals surface area contributed by atoms with Gasteiger partial charge in [0, 0.05) is 13.1 Å². The molecular formula is C16H22I2N2O2. The highest BCUT2D eigenvalue weighted by molar-refractivity contribution is 14.1. The lowest BCUT2D eigenvalue weighted by atomic mass is 10.1. The quantitative estimate of drug-likeness (QED) is 0.277. The van der Waals surface area contributed by atoms with Crippen LogP contribution in [0.15, 0.2) is 24.3 Å². The first-order valence-electron chi connectivity index (χ1n) is 7.48. The molecule has 0 heterocycles. The van der Waals surface area contributed by atoms with Crippen LogP contribution < -0.4 is 10.6 Å². The van der Waals surface area contributed by atoms with Crippen LogP contribution in [-0.2, 0) is 0 Å². The molecule has 0 aliphatic heterocycles. The molecule has 1 aromatic rings. The molecule has 0 bridgehead atoms. The van der Waals surface area contributed by atoms with Crippen LogP contribution in [0.25, 0.3) is 0 Å². The van der Waals surface area contributed by atoms with E-state index in [2.05, 4.69) is 55.8 Å². The van der Waals surface area contributed by atoms with Crippen molar-refractivity contribution < 1.29 is 9.59 Å². The number of nitrogens with one attached hydrogen (secondary N) is 2. The minimum absolute atomic E-state index is 0.175. The summed E-state index contributed by atoms with van der Waals surface area (Å²) in [5.41, 5.74) is 0.895. The lowest BCUT2D eigenvalue weighted by Crippen LogP contribution is -2.30. The molecule has 22 heavy (non-hydrogen) atoms. The lowest BCUT2D eigenvalue weighted by molar-refractivity contribution is 0.0919. The van der Waals surface area contributed by atoms with Crippen molar-refractivity contribution in [3.8, 4) is 0 Å². The number of unbranched alkanes of at least 4 members (excludes halogenated alkanes) is 2. The fourth-order valence-corrected chi connectivity index (χ4v) is 2.99. The summed E-state index contributed by atoms with van der Waals surface area (Å²) in [7, 11) is 0. The molecule has 0 aromatic heterocycles. The average molecular weight is 528 g/mol. The lowest BCUT2D eigenvalue weighted by Gasteiger charge is -2.10. The first-order chi connectivity index (χ1) is 10.7. The van der Waals surface area contributed by atoms with Gasteiger partial charge in [-0.1, -0.05) is 57.3 Å². The fourth-order valence-electron chi connectivity index (χ4n) is 1.91. The van der Waals surface area contributed by atoms with Gasteiger partial charge < -0.3 is 10.6 Å². The van der Waals surface area contributed by atoms with Gasteiger partial charge in [-0.2, -0.15) is 0 Å². The van der Waals surface area contributed by atoms with Gasteiger partial charge in [0.15, 0.2) is 0 Å². The van der Waals surface area contributed by atoms with E-state index in [1.165, 1.54) is 0 Å². The highest BCUT2D eigenvalue weighted by Crippen LogP contribution is 2.09. The number of alkyl halides is 2. The first kappa shape index (κ1) is 19.7. The molecule has 2 N–H and O–H groups in total. The fraction of sp³-hybridized carbons (Fsp3) is 0.500. The predicted molar refractivity (Wildman–Crippen MR) is 107 cm³/mol. The molecule has 0 spiro atoms. The smallest absolute Gasteiger partial charge is 0.252 e. The Hall–Kier alpha value is -0.380. The molecule has 0 fully saturated rings. The van der Waals surface area contributed by atoms with Crippen molar-refractivity contribution in [2.75, 3.05) is 21.9 Å². The standard InChI is InChI=1S/C16H22I2N2O2/c17-9-3-5-11-19-15(21)13-7-1-2-8-14(13)16(22)20-12-6-4-10-18/h1-2,7-8H,3-6,9-12H2,(H,19,21)(H,20,22). The summed E-state index contributed by atoms with van der Waals surface area (Å²) in [5.74, 6) is -0.349. The van der Waals surface area contributed by atoms with E-state index in [0.29, 0.717) is 24.2 Å². The molecule has 0 aliphatic rings. The van der Waals surface area contributed by atoms with Gasteiger partial charge in [0.1, 0.15) is 0 Å². The first-order valence-corrected chi connectivity index (χ1v) is 10.5. The van der Waals surface area contributed by atoms with Crippen molar-refractivity contribution in [2.24, 2.45) is 0 Å². The Balaban J connectivity index is 2.60. The number of amides is 2. The minimum atomic E-state index is -0.175. The molecule has 1 rings (SSSR count). The van der Waals surface area contributed by atoms with Crippen molar-refractivity contribution in [3.63, 3.8) is 0 Å². The van der Waals surface area contributed by atoms with Crippen molar-refractivity contribution in [1.29, 1.82) is 0 Å². The van der Waals surface area contributed by atoms with Crippen molar-refractivity contribution in [2.45, 2.75) is 25.7 Å². The number of halogens is 2. The summed E-state index contributed by atoms with van der Waals surface area (Å²) in [6, 6.07) is 6.97. The Morgan fingerprint density at radius 1 is 0.773 bits per heavy atom. The maximum Gasteiger partial charge on any atom is 0.252 e. The second kappa shape index (κ2) is 12.1. The SMILES string of the molecule is O=C(NCCCCI)c1ccccc1C(=O)NCCCCI. The monoisotopic (exact) mass is 528 g/mol. The van der Waals surface area contributed by atoms with Crippen LogP contribution in [-0.4, -0.2) is 33.8 Å². The van der Waals surface area contributed by atoms with E-state index in [0.717, 1.165) is 34.5 Å². The molecule has 4 nitrogen and oxygen atoms in total. The molecular weight excluding hydrogens is 506 g/mol. The molecule has 0 radical (unpaired) electrons. The zero-order chi connectivity index (χ0) is 16.2. The van der Waals surface area contributed by atoms with Crippen molar-refractivity contribution >= 4 is 57.0 Å². The summed E-state index contributed by atoms with van der Waals surface area (Å²) < 4.78 is 2.17. The average Bonchev–Trinajstić information content (AvgIpc) is 2.55. The van der Waals surface area contributed by atoms with E-state index in [1.807, 2.05) is 0 Å². The maximum atomic E-state index is 12.2. The Labute approximate surface area is 159 Å². The van der Waals surface area contributed by atoms with Gasteiger partial charge in [0.25, 0.3) is 11.8 Å². The number of hydrogen-bond acceptors (Lipinski definition) is 2. The van der Waals surface area contributed by atoms with Gasteiger partial charge in [-0.3, -0.25) is 9.59 Å². The van der Waals surface area contributed by atoms with E-state index < -0.39 is 0 Å². The third kappa shape index (κ3) is 7.26. The minimum Gasteiger partial charge on any atom is -0.352 e. The van der Waals surface area contributed by atoms with Gasteiger partial charge in [0.2, 0.25) is 0 Å². The number of rotatable bonds is 10. The van der Waals surface area contributed by atoms with Crippen LogP contribution in [0.3, 0.4) is 0 Å². The number of carbonyl (C=O) groups excluding carboxylic acids is 2. The summed E-state index contributed by atoms with van der Waals surface area (Å²) in [6.07, 6.45) is 4.08. The predicted octanol–water partition coefficient (Wildman–Crippen LogP) is 3.58. The van der Waals surface area contributed by atoms with Crippen LogP contribution >= 0.6 is 45.2 Å². The Morgan fingerprint density at radius 2 is 1.18 bits per heavy atom. The third-order valence-electron chi connectivity index (χ3n) is 3.11. The van der Waals surface area contributed by atoms with Gasteiger partial charge in [0.05, 0.1) is 11.1 Å². The maximum absolute atomic E-state index is 12.2. The normalized spacial score (nSPS) is 10.3. The number of hydrogen-bond donors (Lipinski definition) is 2. The van der Waals surface area contributed by atoms with E-state index in [-0.39, 0.29) is 11.8 Å². The molecule has 0 aliphatic carbocycles. The topological polar surface area (TPSA) is 58.2 Å². The summed E-state index contributed by atoms with van der Waals surface area (Å²) >= 11 is 4.64. The van der Waals surface area contributed by atoms with E-state index >= 15 is 0 Å². The second-order valence-corrected chi connectivity index (χ2v) is 7.01. The van der Waals surface area contributed by atoms with Gasteiger partial charge in [-0.15, -0.1) is 0 Å². The van der Waals surface area contributed by atoms with E-state index in [4.69, 9.17) is 0 Å². The number of carbonyl (C=O) groups is 2. The summed E-state index contributed by atoms with van der Waals surface area (Å²) in [4.78, 5) is 24.4. The van der Waals surface area contributed by atoms with Gasteiger partial charge in [-0.25, -0.2) is 0 Å². The van der Waals surface area contributed by atoms with Crippen molar-refractivity contribution in [3.05, 3.63) is 35.4 Å². The molecule has 0 saturated carbocycles. The van der Waals surface area contributed by atoms with Gasteiger partial charge in [-0.05, 0) is 46.7 Å². The van der Waals surface area contributed by atoms with E-state index in [9.17, 15) is 9.59 Å². The zero-order valence-electron chi connectivity index (χ0n) is 12.5. The molecule has 6 heteroatoms. The Bertz CT molecular complexity index is 438. The van der Waals surface area contributed by atoms with E-state index in [1.54, 1.807) is 24.3 Å². The zero-order valence-corrected chi connectivity index (χ0v) is 16.9. The largest absolute Gasteiger partial charge is 0.352 e. The molecule has 2 amide bonds. The van der Waals surface area contributed by atoms with Crippen LogP contribution in [0.5, 0.6) is 0 Å². The van der Waals surface area contributed by atoms with Crippen LogP contribution in [0, 0.1) is 0 Å². The van der Waals surface area contributed by atoms with Crippen molar-refractivity contribution in [1.82, 2.24) is 10.6 Å². The molecule has 0 saturated heterocycles. The van der Waals surface area contributed by atoms with Crippen LogP contribution in [0.1, 0.15) is 46.4 Å². The highest BCUT2D eigenvalue weighted by atomic mass is 127. The molecule has 0 atom stereocenters. The van der Waals surface area contributed by atoms with Crippen LogP contribution in [0.2, 0.25) is 0 Å². The summed E-state index contributed by atoms with van der Waals surface area (Å²) in [6.45, 7) is 1.29. The highest BCUT2D eigenvalue weighted by Gasteiger charge is 2.15. The molecule has 1 aromatic carbocycles. The Morgan fingerprint density at radius 3 is 1.55 bits per heavy atom. The summed E-state index contributed by atoms with van der Waals surface area (Å²) in [5, 5.41) is 5.76. The molecule has 122 valence electrons. The Kier molecular flexibility index (Phi) is 10.8.